The van der Waals surface area contributed by atoms with E-state index in [1.165, 1.54) is 6.07 Å². The molecule has 1 unspecified atom stereocenters. The van der Waals surface area contributed by atoms with Gasteiger partial charge in [-0.15, -0.1) is 0 Å². The summed E-state index contributed by atoms with van der Waals surface area (Å²) in [7, 11) is 0. The van der Waals surface area contributed by atoms with E-state index in [1.54, 1.807) is 12.1 Å². The summed E-state index contributed by atoms with van der Waals surface area (Å²) in [4.78, 5) is 2.32. The number of nitrogens with zero attached hydrogens (tertiary/aromatic N) is 1. The van der Waals surface area contributed by atoms with E-state index in [-0.39, 0.29) is 19.0 Å². The molecule has 2 N–H and O–H groups in total. The maximum absolute atomic E-state index is 13.5. The van der Waals surface area contributed by atoms with Crippen LogP contribution in [0.1, 0.15) is 24.0 Å². The van der Waals surface area contributed by atoms with Crippen LogP contribution in [0.15, 0.2) is 18.2 Å². The zero-order valence-corrected chi connectivity index (χ0v) is 11.5. The average molecular weight is 277 g/mol. The van der Waals surface area contributed by atoms with E-state index in [9.17, 15) is 4.39 Å². The molecule has 0 radical (unpaired) electrons. The Morgan fingerprint density at radius 2 is 2.20 bits per heavy atom. The van der Waals surface area contributed by atoms with Gasteiger partial charge in [0.1, 0.15) is 12.4 Å². The first-order chi connectivity index (χ1) is 9.72. The first-order valence-corrected chi connectivity index (χ1v) is 6.94. The summed E-state index contributed by atoms with van der Waals surface area (Å²) in [5.41, 5.74) is 1.36. The number of halogens is 1. The Morgan fingerprint density at radius 3 is 2.95 bits per heavy atom. The van der Waals surface area contributed by atoms with Gasteiger partial charge in [0.05, 0.1) is 5.56 Å². The van der Waals surface area contributed by atoms with Gasteiger partial charge in [-0.3, -0.25) is 4.90 Å². The van der Waals surface area contributed by atoms with E-state index < -0.39 is 0 Å². The molecule has 1 fully saturated rings. The van der Waals surface area contributed by atoms with Crippen LogP contribution in [0.4, 0.5) is 4.39 Å². The molecule has 1 atom stereocenters. The highest BCUT2D eigenvalue weighted by Gasteiger charge is 2.21. The molecule has 1 saturated heterocycles. The van der Waals surface area contributed by atoms with Gasteiger partial charge in [-0.25, -0.2) is 4.39 Å². The Hall–Kier alpha value is -1.41. The molecule has 0 saturated carbocycles. The number of hydrogen-bond acceptors (Lipinski definition) is 3. The second-order valence-electron chi connectivity index (χ2n) is 5.18. The van der Waals surface area contributed by atoms with Gasteiger partial charge in [0, 0.05) is 19.7 Å². The molecule has 1 aliphatic rings. The molecule has 1 aromatic carbocycles. The lowest BCUT2D eigenvalue weighted by molar-refractivity contribution is 0.249. The predicted molar refractivity (Wildman–Crippen MR) is 75.5 cm³/mol. The molecule has 0 spiro atoms. The first kappa shape index (κ1) is 15.0. The van der Waals surface area contributed by atoms with Crippen LogP contribution in [0.5, 0.6) is 0 Å². The van der Waals surface area contributed by atoms with Crippen molar-refractivity contribution >= 4 is 0 Å². The molecule has 0 aromatic heterocycles. The number of aliphatic hydroxyl groups is 2. The van der Waals surface area contributed by atoms with E-state index in [2.05, 4.69) is 16.7 Å². The minimum Gasteiger partial charge on any atom is -0.396 e. The maximum atomic E-state index is 13.5. The molecule has 4 heteroatoms. The molecule has 1 aromatic rings. The topological polar surface area (TPSA) is 43.7 Å². The second kappa shape index (κ2) is 7.39. The van der Waals surface area contributed by atoms with Crippen LogP contribution >= 0.6 is 0 Å². The van der Waals surface area contributed by atoms with E-state index in [4.69, 9.17) is 10.2 Å². The molecular weight excluding hydrogens is 257 g/mol. The summed E-state index contributed by atoms with van der Waals surface area (Å²) in [5, 5.41) is 17.6. The lowest BCUT2D eigenvalue weighted by Gasteiger charge is -2.16. The molecule has 0 amide bonds. The van der Waals surface area contributed by atoms with Gasteiger partial charge >= 0.3 is 0 Å². The molecule has 0 bridgehead atoms. The van der Waals surface area contributed by atoms with Crippen molar-refractivity contribution in [1.29, 1.82) is 0 Å². The van der Waals surface area contributed by atoms with Crippen molar-refractivity contribution in [2.24, 2.45) is 5.92 Å². The quantitative estimate of drug-likeness (QED) is 0.817. The van der Waals surface area contributed by atoms with Crippen LogP contribution < -0.4 is 0 Å². The van der Waals surface area contributed by atoms with Crippen molar-refractivity contribution in [2.45, 2.75) is 19.4 Å². The largest absolute Gasteiger partial charge is 0.396 e. The third-order valence-electron chi connectivity index (χ3n) is 3.65. The molecule has 2 rings (SSSR count). The number of hydrogen-bond donors (Lipinski definition) is 2. The van der Waals surface area contributed by atoms with E-state index in [0.29, 0.717) is 11.5 Å². The van der Waals surface area contributed by atoms with Crippen LogP contribution in [0, 0.1) is 23.6 Å². The van der Waals surface area contributed by atoms with E-state index >= 15 is 0 Å². The van der Waals surface area contributed by atoms with Gasteiger partial charge in [0.25, 0.3) is 0 Å². The molecule has 1 aliphatic heterocycles. The highest BCUT2D eigenvalue weighted by Crippen LogP contribution is 2.21. The number of benzene rings is 1. The minimum atomic E-state index is -0.353. The molecule has 1 heterocycles. The fraction of sp³-hybridized carbons (Fsp3) is 0.500. The van der Waals surface area contributed by atoms with Gasteiger partial charge in [0.2, 0.25) is 0 Å². The van der Waals surface area contributed by atoms with Gasteiger partial charge in [-0.1, -0.05) is 17.9 Å². The van der Waals surface area contributed by atoms with Crippen LogP contribution in [0.3, 0.4) is 0 Å². The van der Waals surface area contributed by atoms with Crippen LogP contribution in [-0.2, 0) is 6.54 Å². The minimum absolute atomic E-state index is 0.246. The average Bonchev–Trinajstić information content (AvgIpc) is 2.87. The third-order valence-corrected chi connectivity index (χ3v) is 3.65. The van der Waals surface area contributed by atoms with Crippen LogP contribution in [0.25, 0.3) is 0 Å². The summed E-state index contributed by atoms with van der Waals surface area (Å²) < 4.78 is 13.5. The SMILES string of the molecule is OCC#Cc1cc(CN2CCC(CCO)C2)ccc1F. The number of aliphatic hydroxyl groups excluding tert-OH is 2. The Labute approximate surface area is 119 Å². The molecular formula is C16H20FNO2. The van der Waals surface area contributed by atoms with Crippen LogP contribution in [-0.4, -0.2) is 41.4 Å². The lowest BCUT2D eigenvalue weighted by atomic mass is 10.1. The Balaban J connectivity index is 2.00. The Kier molecular flexibility index (Phi) is 5.54. The molecule has 3 nitrogen and oxygen atoms in total. The Morgan fingerprint density at radius 1 is 1.35 bits per heavy atom. The second-order valence-corrected chi connectivity index (χ2v) is 5.18. The van der Waals surface area contributed by atoms with Crippen molar-refractivity contribution in [3.63, 3.8) is 0 Å². The third kappa shape index (κ3) is 4.04. The molecule has 20 heavy (non-hydrogen) atoms. The number of likely N-dealkylation sites (tertiary alicyclic amines) is 1. The van der Waals surface area contributed by atoms with Crippen molar-refractivity contribution in [1.82, 2.24) is 4.90 Å². The van der Waals surface area contributed by atoms with E-state index in [0.717, 1.165) is 38.0 Å². The van der Waals surface area contributed by atoms with E-state index in [1.807, 2.05) is 0 Å². The zero-order chi connectivity index (χ0) is 14.4. The van der Waals surface area contributed by atoms with Crippen molar-refractivity contribution in [2.75, 3.05) is 26.3 Å². The molecule has 108 valence electrons. The van der Waals surface area contributed by atoms with Crippen molar-refractivity contribution in [3.05, 3.63) is 35.1 Å². The van der Waals surface area contributed by atoms with Gasteiger partial charge < -0.3 is 10.2 Å². The standard InChI is InChI=1S/C16H20FNO2/c17-16-4-3-14(10-15(16)2-1-8-19)12-18-7-5-13(11-18)6-9-20/h3-4,10,13,19-20H,5-9,11-12H2. The maximum Gasteiger partial charge on any atom is 0.138 e. The fourth-order valence-electron chi connectivity index (χ4n) is 2.63. The summed E-state index contributed by atoms with van der Waals surface area (Å²) >= 11 is 0. The first-order valence-electron chi connectivity index (χ1n) is 6.94. The van der Waals surface area contributed by atoms with Crippen molar-refractivity contribution in [3.8, 4) is 11.8 Å². The summed E-state index contributed by atoms with van der Waals surface area (Å²) in [5.74, 6) is 5.32. The zero-order valence-electron chi connectivity index (χ0n) is 11.5. The van der Waals surface area contributed by atoms with Gasteiger partial charge in [0.15, 0.2) is 0 Å². The normalized spacial score (nSPS) is 18.9. The van der Waals surface area contributed by atoms with Crippen LogP contribution in [0.2, 0.25) is 0 Å². The smallest absolute Gasteiger partial charge is 0.138 e. The monoisotopic (exact) mass is 277 g/mol. The van der Waals surface area contributed by atoms with Gasteiger partial charge in [-0.2, -0.15) is 0 Å². The predicted octanol–water partition coefficient (Wildman–Crippen LogP) is 1.37. The highest BCUT2D eigenvalue weighted by molar-refractivity contribution is 5.38. The lowest BCUT2D eigenvalue weighted by Crippen LogP contribution is -2.20. The molecule has 0 aliphatic carbocycles. The summed E-state index contributed by atoms with van der Waals surface area (Å²) in [6.45, 7) is 2.75. The van der Waals surface area contributed by atoms with Crippen molar-refractivity contribution < 1.29 is 14.6 Å². The highest BCUT2D eigenvalue weighted by atomic mass is 19.1. The fourth-order valence-corrected chi connectivity index (χ4v) is 2.63. The summed E-state index contributed by atoms with van der Waals surface area (Å²) in [6.07, 6.45) is 1.96. The summed E-state index contributed by atoms with van der Waals surface area (Å²) in [6, 6.07) is 4.95. The Bertz CT molecular complexity index is 507. The number of rotatable bonds is 4. The van der Waals surface area contributed by atoms with Gasteiger partial charge in [-0.05, 0) is 43.0 Å².